The molecule has 2 amide bonds. The van der Waals surface area contributed by atoms with Crippen molar-refractivity contribution < 1.29 is 14.3 Å². The first-order valence-corrected chi connectivity index (χ1v) is 9.05. The number of anilines is 2. The highest BCUT2D eigenvalue weighted by molar-refractivity contribution is 6.44. The number of hydrogen-bond donors (Lipinski definition) is 2. The van der Waals surface area contributed by atoms with E-state index in [4.69, 9.17) is 16.3 Å². The summed E-state index contributed by atoms with van der Waals surface area (Å²) in [5.74, 6) is -0.868. The van der Waals surface area contributed by atoms with Crippen LogP contribution in [0, 0.1) is 6.92 Å². The largest absolute Gasteiger partial charge is 0.489 e. The van der Waals surface area contributed by atoms with Crippen LogP contribution in [0.3, 0.4) is 0 Å². The number of halogens is 1. The Bertz CT molecular complexity index is 973. The summed E-state index contributed by atoms with van der Waals surface area (Å²) in [5, 5.41) is 5.64. The molecule has 3 aromatic rings. The highest BCUT2D eigenvalue weighted by Crippen LogP contribution is 2.23. The molecule has 0 atom stereocenters. The van der Waals surface area contributed by atoms with E-state index >= 15 is 0 Å². The van der Waals surface area contributed by atoms with Crippen molar-refractivity contribution in [1.82, 2.24) is 0 Å². The molecular formula is C22H19ClN2O3. The molecule has 142 valence electrons. The number of amides is 2. The quantitative estimate of drug-likeness (QED) is 0.610. The molecule has 0 fully saturated rings. The maximum absolute atomic E-state index is 12.1. The molecule has 0 saturated carbocycles. The zero-order valence-corrected chi connectivity index (χ0v) is 16.0. The van der Waals surface area contributed by atoms with Crippen molar-refractivity contribution in [2.45, 2.75) is 13.5 Å². The maximum atomic E-state index is 12.1. The van der Waals surface area contributed by atoms with Gasteiger partial charge in [0.15, 0.2) is 0 Å². The number of benzene rings is 3. The fourth-order valence-electron chi connectivity index (χ4n) is 2.49. The van der Waals surface area contributed by atoms with Crippen LogP contribution in [0.1, 0.15) is 11.1 Å². The topological polar surface area (TPSA) is 67.4 Å². The molecular weight excluding hydrogens is 376 g/mol. The van der Waals surface area contributed by atoms with Crippen molar-refractivity contribution in [3.63, 3.8) is 0 Å². The van der Waals surface area contributed by atoms with Gasteiger partial charge in [-0.05, 0) is 54.4 Å². The minimum absolute atomic E-state index is 0.452. The van der Waals surface area contributed by atoms with Crippen LogP contribution in [-0.2, 0) is 16.2 Å². The van der Waals surface area contributed by atoms with Crippen LogP contribution in [0.2, 0.25) is 5.02 Å². The smallest absolute Gasteiger partial charge is 0.314 e. The fraction of sp³-hybridized carbons (Fsp3) is 0.0909. The summed E-state index contributed by atoms with van der Waals surface area (Å²) in [7, 11) is 0. The van der Waals surface area contributed by atoms with Gasteiger partial charge in [-0.15, -0.1) is 0 Å². The molecule has 0 aliphatic carbocycles. The Balaban J connectivity index is 1.55. The third-order valence-electron chi connectivity index (χ3n) is 4.08. The van der Waals surface area contributed by atoms with E-state index in [1.165, 1.54) is 0 Å². The highest BCUT2D eigenvalue weighted by atomic mass is 35.5. The van der Waals surface area contributed by atoms with E-state index < -0.39 is 11.8 Å². The van der Waals surface area contributed by atoms with E-state index in [1.54, 1.807) is 49.4 Å². The minimum atomic E-state index is -0.769. The molecule has 3 aromatic carbocycles. The summed E-state index contributed by atoms with van der Waals surface area (Å²) in [6.07, 6.45) is 0. The molecule has 6 heteroatoms. The Kier molecular flexibility index (Phi) is 6.29. The maximum Gasteiger partial charge on any atom is 0.314 e. The summed E-state index contributed by atoms with van der Waals surface area (Å²) >= 11 is 6.02. The fourth-order valence-corrected chi connectivity index (χ4v) is 2.66. The number of rotatable bonds is 5. The molecule has 5 nitrogen and oxygen atoms in total. The second-order valence-corrected chi connectivity index (χ2v) is 6.53. The summed E-state index contributed by atoms with van der Waals surface area (Å²) in [6.45, 7) is 2.22. The number of nitrogens with one attached hydrogen (secondary N) is 2. The van der Waals surface area contributed by atoms with E-state index in [2.05, 4.69) is 10.6 Å². The highest BCUT2D eigenvalue weighted by Gasteiger charge is 2.15. The van der Waals surface area contributed by atoms with Gasteiger partial charge in [0.25, 0.3) is 0 Å². The average Bonchev–Trinajstić information content (AvgIpc) is 2.71. The van der Waals surface area contributed by atoms with Gasteiger partial charge in [0.1, 0.15) is 12.4 Å². The Morgan fingerprint density at radius 2 is 1.54 bits per heavy atom. The molecule has 2 N–H and O–H groups in total. The predicted octanol–water partition coefficient (Wildman–Crippen LogP) is 4.80. The summed E-state index contributed by atoms with van der Waals surface area (Å²) in [4.78, 5) is 24.2. The Hall–Kier alpha value is -3.31. The van der Waals surface area contributed by atoms with Crippen LogP contribution < -0.4 is 15.4 Å². The van der Waals surface area contributed by atoms with Crippen LogP contribution in [0.4, 0.5) is 11.4 Å². The Labute approximate surface area is 168 Å². The lowest BCUT2D eigenvalue weighted by Crippen LogP contribution is -2.29. The monoisotopic (exact) mass is 394 g/mol. The van der Waals surface area contributed by atoms with Gasteiger partial charge < -0.3 is 15.4 Å². The van der Waals surface area contributed by atoms with Crippen molar-refractivity contribution in [2.24, 2.45) is 0 Å². The third kappa shape index (κ3) is 5.11. The van der Waals surface area contributed by atoms with Gasteiger partial charge in [0.2, 0.25) is 0 Å². The molecule has 0 aromatic heterocycles. The Morgan fingerprint density at radius 3 is 2.25 bits per heavy atom. The third-order valence-corrected chi connectivity index (χ3v) is 4.49. The van der Waals surface area contributed by atoms with Crippen molar-refractivity contribution in [1.29, 1.82) is 0 Å². The van der Waals surface area contributed by atoms with E-state index in [1.807, 2.05) is 30.3 Å². The number of hydrogen-bond acceptors (Lipinski definition) is 3. The van der Waals surface area contributed by atoms with Crippen LogP contribution in [0.5, 0.6) is 5.75 Å². The van der Waals surface area contributed by atoms with E-state index in [-0.39, 0.29) is 0 Å². The summed E-state index contributed by atoms with van der Waals surface area (Å²) in [5.41, 5.74) is 2.76. The SMILES string of the molecule is Cc1c(Cl)cccc1NC(=O)C(=O)Nc1ccc(OCc2ccccc2)cc1. The molecule has 0 aliphatic rings. The van der Waals surface area contributed by atoms with Crippen molar-refractivity contribution in [3.05, 3.63) is 88.9 Å². The molecule has 0 saturated heterocycles. The standard InChI is InChI=1S/C22H19ClN2O3/c1-15-19(23)8-5-9-20(15)25-22(27)21(26)24-17-10-12-18(13-11-17)28-14-16-6-3-2-4-7-16/h2-13H,14H2,1H3,(H,24,26)(H,25,27). The molecule has 0 unspecified atom stereocenters. The van der Waals surface area contributed by atoms with Gasteiger partial charge >= 0.3 is 11.8 Å². The van der Waals surface area contributed by atoms with Gasteiger partial charge in [-0.25, -0.2) is 0 Å². The predicted molar refractivity (Wildman–Crippen MR) is 111 cm³/mol. The van der Waals surface area contributed by atoms with E-state index in [0.717, 1.165) is 5.56 Å². The van der Waals surface area contributed by atoms with Crippen LogP contribution in [0.25, 0.3) is 0 Å². The van der Waals surface area contributed by atoms with Gasteiger partial charge in [-0.3, -0.25) is 9.59 Å². The van der Waals surface area contributed by atoms with Crippen molar-refractivity contribution >= 4 is 34.8 Å². The van der Waals surface area contributed by atoms with Gasteiger partial charge in [-0.1, -0.05) is 48.0 Å². The number of carbonyl (C=O) groups is 2. The zero-order chi connectivity index (χ0) is 19.9. The van der Waals surface area contributed by atoms with Crippen LogP contribution >= 0.6 is 11.6 Å². The van der Waals surface area contributed by atoms with Crippen LogP contribution in [0.15, 0.2) is 72.8 Å². The summed E-state index contributed by atoms with van der Waals surface area (Å²) < 4.78 is 5.70. The van der Waals surface area contributed by atoms with Gasteiger partial charge in [0, 0.05) is 16.4 Å². The van der Waals surface area contributed by atoms with Crippen molar-refractivity contribution in [3.8, 4) is 5.75 Å². The van der Waals surface area contributed by atoms with Gasteiger partial charge in [-0.2, -0.15) is 0 Å². The van der Waals surface area contributed by atoms with Crippen LogP contribution in [-0.4, -0.2) is 11.8 Å². The summed E-state index contributed by atoms with van der Waals surface area (Å²) in [6, 6.07) is 21.7. The first-order chi connectivity index (χ1) is 13.5. The zero-order valence-electron chi connectivity index (χ0n) is 15.2. The lowest BCUT2D eigenvalue weighted by atomic mass is 10.2. The lowest BCUT2D eigenvalue weighted by molar-refractivity contribution is -0.133. The normalized spacial score (nSPS) is 10.2. The Morgan fingerprint density at radius 1 is 0.857 bits per heavy atom. The molecule has 3 rings (SSSR count). The van der Waals surface area contributed by atoms with E-state index in [0.29, 0.717) is 34.3 Å². The molecule has 0 spiro atoms. The van der Waals surface area contributed by atoms with Gasteiger partial charge in [0.05, 0.1) is 0 Å². The second kappa shape index (κ2) is 9.06. The molecule has 0 bridgehead atoms. The lowest BCUT2D eigenvalue weighted by Gasteiger charge is -2.10. The first-order valence-electron chi connectivity index (χ1n) is 8.67. The number of carbonyl (C=O) groups excluding carboxylic acids is 2. The molecule has 0 aliphatic heterocycles. The minimum Gasteiger partial charge on any atom is -0.489 e. The number of ether oxygens (including phenoxy) is 1. The molecule has 28 heavy (non-hydrogen) atoms. The van der Waals surface area contributed by atoms with E-state index in [9.17, 15) is 9.59 Å². The second-order valence-electron chi connectivity index (χ2n) is 6.12. The molecule has 0 radical (unpaired) electrons. The van der Waals surface area contributed by atoms with Crippen molar-refractivity contribution in [2.75, 3.05) is 10.6 Å². The average molecular weight is 395 g/mol. The molecule has 0 heterocycles. The first kappa shape index (κ1) is 19.5.